The van der Waals surface area contributed by atoms with Crippen LogP contribution in [-0.4, -0.2) is 48.0 Å². The molecule has 0 unspecified atom stereocenters. The number of aromatic nitrogens is 3. The number of benzene rings is 3. The number of fused-ring (bicyclic) bond motifs is 1. The first-order valence-corrected chi connectivity index (χ1v) is 15.5. The monoisotopic (exact) mass is 604 g/mol. The molecule has 6 rings (SSSR count). The van der Waals surface area contributed by atoms with Gasteiger partial charge in [-0.15, -0.1) is 0 Å². The fraction of sp³-hybridized carbons (Fsp3) is 0.226. The van der Waals surface area contributed by atoms with E-state index in [-0.39, 0.29) is 9.92 Å². The summed E-state index contributed by atoms with van der Waals surface area (Å²) in [7, 11) is -1.74. The van der Waals surface area contributed by atoms with E-state index >= 15 is 0 Å². The standard InChI is InChI=1S/C31H30ClFN6O2S/c1-38-13-10-21(11-14-38)19-39-15-12-23-16-22(2-9-30(23)39)29-18-31(35-20-34-29)36-24-3-5-25(6-4-24)37-42(40,41)26-7-8-28(33)27(32)17-26/h2-9,12,15-18,20-21,37H,10-11,13-14,19H2,1H3,(H,34,35,36). The van der Waals surface area contributed by atoms with Crippen molar-refractivity contribution in [1.29, 1.82) is 0 Å². The second kappa shape index (κ2) is 11.7. The molecule has 8 nitrogen and oxygen atoms in total. The second-order valence-electron chi connectivity index (χ2n) is 10.7. The van der Waals surface area contributed by atoms with Crippen LogP contribution < -0.4 is 10.0 Å². The minimum absolute atomic E-state index is 0.128. The van der Waals surface area contributed by atoms with Crippen molar-refractivity contribution in [2.45, 2.75) is 24.3 Å². The maximum Gasteiger partial charge on any atom is 0.261 e. The Morgan fingerprint density at radius 1 is 0.952 bits per heavy atom. The van der Waals surface area contributed by atoms with Crippen molar-refractivity contribution in [1.82, 2.24) is 19.4 Å². The maximum atomic E-state index is 13.4. The molecule has 0 atom stereocenters. The van der Waals surface area contributed by atoms with Crippen molar-refractivity contribution in [2.75, 3.05) is 30.2 Å². The molecular weight excluding hydrogens is 575 g/mol. The van der Waals surface area contributed by atoms with E-state index < -0.39 is 15.8 Å². The van der Waals surface area contributed by atoms with Crippen LogP contribution in [-0.2, 0) is 16.6 Å². The highest BCUT2D eigenvalue weighted by Crippen LogP contribution is 2.28. The predicted molar refractivity (Wildman–Crippen MR) is 165 cm³/mol. The van der Waals surface area contributed by atoms with Gasteiger partial charge in [0.25, 0.3) is 10.0 Å². The van der Waals surface area contributed by atoms with Gasteiger partial charge in [-0.1, -0.05) is 17.7 Å². The highest BCUT2D eigenvalue weighted by atomic mass is 35.5. The Kier molecular flexibility index (Phi) is 7.85. The number of anilines is 3. The Morgan fingerprint density at radius 3 is 2.48 bits per heavy atom. The van der Waals surface area contributed by atoms with Crippen LogP contribution in [0.2, 0.25) is 5.02 Å². The largest absolute Gasteiger partial charge is 0.347 e. The summed E-state index contributed by atoms with van der Waals surface area (Å²) in [6.45, 7) is 3.36. The van der Waals surface area contributed by atoms with Gasteiger partial charge in [0.15, 0.2) is 0 Å². The minimum atomic E-state index is -3.93. The smallest absolute Gasteiger partial charge is 0.261 e. The van der Waals surface area contributed by atoms with Crippen LogP contribution in [0.25, 0.3) is 22.2 Å². The highest BCUT2D eigenvalue weighted by molar-refractivity contribution is 7.92. The normalized spacial score (nSPS) is 14.7. The Labute approximate surface area is 249 Å². The van der Waals surface area contributed by atoms with Gasteiger partial charge in [0.1, 0.15) is 18.0 Å². The average molecular weight is 605 g/mol. The van der Waals surface area contributed by atoms with Crippen molar-refractivity contribution in [3.05, 3.63) is 96.2 Å². The molecule has 1 saturated heterocycles. The number of likely N-dealkylation sites (tertiary alicyclic amines) is 1. The molecule has 0 bridgehead atoms. The fourth-order valence-electron chi connectivity index (χ4n) is 5.25. The number of nitrogens with zero attached hydrogens (tertiary/aromatic N) is 4. The van der Waals surface area contributed by atoms with Crippen LogP contribution in [0, 0.1) is 11.7 Å². The number of sulfonamides is 1. The topological polar surface area (TPSA) is 92.2 Å². The second-order valence-corrected chi connectivity index (χ2v) is 12.8. The molecule has 1 fully saturated rings. The third-order valence-corrected chi connectivity index (χ3v) is 9.31. The lowest BCUT2D eigenvalue weighted by Gasteiger charge is -2.29. The molecule has 0 spiro atoms. The van der Waals surface area contributed by atoms with E-state index in [0.717, 1.165) is 49.1 Å². The summed E-state index contributed by atoms with van der Waals surface area (Å²) in [5.74, 6) is 0.626. The van der Waals surface area contributed by atoms with Crippen molar-refractivity contribution in [3.63, 3.8) is 0 Å². The first-order chi connectivity index (χ1) is 20.2. The van der Waals surface area contributed by atoms with Crippen LogP contribution in [0.5, 0.6) is 0 Å². The molecule has 5 aromatic rings. The Bertz CT molecular complexity index is 1840. The molecule has 1 aliphatic rings. The van der Waals surface area contributed by atoms with Gasteiger partial charge in [-0.25, -0.2) is 22.8 Å². The van der Waals surface area contributed by atoms with Crippen LogP contribution in [0.1, 0.15) is 12.8 Å². The maximum absolute atomic E-state index is 13.4. The van der Waals surface area contributed by atoms with Crippen molar-refractivity contribution < 1.29 is 12.8 Å². The number of rotatable bonds is 8. The SMILES string of the molecule is CN1CCC(Cn2ccc3cc(-c4cc(Nc5ccc(NS(=O)(=O)c6ccc(F)c(Cl)c6)cc5)ncn4)ccc32)CC1. The highest BCUT2D eigenvalue weighted by Gasteiger charge is 2.18. The van der Waals surface area contributed by atoms with Gasteiger partial charge >= 0.3 is 0 Å². The van der Waals surface area contributed by atoms with Gasteiger partial charge in [0, 0.05) is 46.6 Å². The lowest BCUT2D eigenvalue weighted by molar-refractivity contribution is 0.206. The van der Waals surface area contributed by atoms with Crippen LogP contribution in [0.3, 0.4) is 0 Å². The van der Waals surface area contributed by atoms with Crippen LogP contribution in [0.15, 0.2) is 90.2 Å². The third kappa shape index (κ3) is 6.25. The van der Waals surface area contributed by atoms with Crippen molar-refractivity contribution >= 4 is 49.7 Å². The van der Waals surface area contributed by atoms with Crippen molar-refractivity contribution in [2.24, 2.45) is 5.92 Å². The zero-order valence-electron chi connectivity index (χ0n) is 23.0. The van der Waals surface area contributed by atoms with E-state index in [0.29, 0.717) is 23.1 Å². The number of piperidine rings is 1. The van der Waals surface area contributed by atoms with E-state index in [2.05, 4.69) is 67.0 Å². The number of hydrogen-bond acceptors (Lipinski definition) is 6. The van der Waals surface area contributed by atoms with E-state index in [1.807, 2.05) is 6.07 Å². The molecule has 2 N–H and O–H groups in total. The van der Waals surface area contributed by atoms with E-state index in [4.69, 9.17) is 11.6 Å². The molecule has 11 heteroatoms. The molecular formula is C31H30ClFN6O2S. The molecule has 0 radical (unpaired) electrons. The molecule has 42 heavy (non-hydrogen) atoms. The van der Waals surface area contributed by atoms with Gasteiger partial charge in [-0.2, -0.15) is 0 Å². The summed E-state index contributed by atoms with van der Waals surface area (Å²) < 4.78 is 43.6. The molecule has 3 heterocycles. The van der Waals surface area contributed by atoms with Crippen molar-refractivity contribution in [3.8, 4) is 11.3 Å². The van der Waals surface area contributed by atoms with Crippen LogP contribution in [0.4, 0.5) is 21.6 Å². The lowest BCUT2D eigenvalue weighted by Crippen LogP contribution is -2.31. The Hall–Kier alpha value is -3.99. The molecule has 0 amide bonds. The van der Waals surface area contributed by atoms with E-state index in [1.54, 1.807) is 24.3 Å². The molecule has 0 saturated carbocycles. The molecule has 3 aromatic carbocycles. The first-order valence-electron chi connectivity index (χ1n) is 13.7. The summed E-state index contributed by atoms with van der Waals surface area (Å²) >= 11 is 5.75. The summed E-state index contributed by atoms with van der Waals surface area (Å²) in [5, 5.41) is 4.16. The summed E-state index contributed by atoms with van der Waals surface area (Å²) in [6.07, 6.45) is 6.16. The fourth-order valence-corrected chi connectivity index (χ4v) is 6.58. The Morgan fingerprint density at radius 2 is 1.71 bits per heavy atom. The zero-order valence-corrected chi connectivity index (χ0v) is 24.5. The van der Waals surface area contributed by atoms with Gasteiger partial charge in [0.05, 0.1) is 15.6 Å². The lowest BCUT2D eigenvalue weighted by atomic mass is 9.97. The molecule has 2 aromatic heterocycles. The summed E-state index contributed by atoms with van der Waals surface area (Å²) in [5.41, 5.74) is 4.08. The molecule has 0 aliphatic carbocycles. The van der Waals surface area contributed by atoms with Crippen LogP contribution >= 0.6 is 11.6 Å². The molecule has 216 valence electrons. The Balaban J connectivity index is 1.13. The molecule has 1 aliphatic heterocycles. The van der Waals surface area contributed by atoms with Gasteiger partial charge < -0.3 is 14.8 Å². The van der Waals surface area contributed by atoms with Gasteiger partial charge in [0.2, 0.25) is 0 Å². The number of halogens is 2. The number of hydrogen-bond donors (Lipinski definition) is 2. The quantitative estimate of drug-likeness (QED) is 0.203. The number of nitrogens with one attached hydrogen (secondary N) is 2. The average Bonchev–Trinajstić information content (AvgIpc) is 3.38. The summed E-state index contributed by atoms with van der Waals surface area (Å²) in [4.78, 5) is 11.1. The predicted octanol–water partition coefficient (Wildman–Crippen LogP) is 6.78. The van der Waals surface area contributed by atoms with E-state index in [1.165, 1.54) is 30.1 Å². The third-order valence-electron chi connectivity index (χ3n) is 7.64. The van der Waals surface area contributed by atoms with Gasteiger partial charge in [-0.3, -0.25) is 4.72 Å². The first kappa shape index (κ1) is 28.1. The van der Waals surface area contributed by atoms with E-state index in [9.17, 15) is 12.8 Å². The summed E-state index contributed by atoms with van der Waals surface area (Å²) in [6, 6.07) is 20.4. The van der Waals surface area contributed by atoms with Gasteiger partial charge in [-0.05, 0) is 99.6 Å². The minimum Gasteiger partial charge on any atom is -0.347 e. The zero-order chi connectivity index (χ0) is 29.3.